The van der Waals surface area contributed by atoms with Crippen LogP contribution in [0, 0.1) is 5.92 Å². The number of hydrogen-bond donors (Lipinski definition) is 2. The fraction of sp³-hybridized carbons (Fsp3) is 0.583. The quantitative estimate of drug-likeness (QED) is 0.867. The molecule has 0 aliphatic carbocycles. The fourth-order valence-electron chi connectivity index (χ4n) is 2.66. The van der Waals surface area contributed by atoms with Crippen LogP contribution in [0.25, 0.3) is 4.96 Å². The second-order valence-electron chi connectivity index (χ2n) is 5.22. The van der Waals surface area contributed by atoms with Crippen LogP contribution in [0.2, 0.25) is 0 Å². The van der Waals surface area contributed by atoms with Gasteiger partial charge in [0, 0.05) is 31.7 Å². The fourth-order valence-corrected chi connectivity index (χ4v) is 5.20. The number of anilines is 1. The van der Waals surface area contributed by atoms with Crippen LogP contribution in [0.1, 0.15) is 13.3 Å². The molecule has 0 bridgehead atoms. The lowest BCUT2D eigenvalue weighted by Gasteiger charge is -2.17. The number of imidazole rings is 1. The monoisotopic (exact) mass is 330 g/mol. The van der Waals surface area contributed by atoms with Crippen molar-refractivity contribution in [1.82, 2.24) is 13.7 Å². The Bertz CT molecular complexity index is 750. The van der Waals surface area contributed by atoms with Gasteiger partial charge in [0.05, 0.1) is 6.10 Å². The van der Waals surface area contributed by atoms with Crippen LogP contribution in [-0.4, -0.2) is 53.5 Å². The molecule has 2 N–H and O–H groups in total. The van der Waals surface area contributed by atoms with E-state index in [1.807, 2.05) is 5.38 Å². The maximum absolute atomic E-state index is 12.9. The van der Waals surface area contributed by atoms with Crippen LogP contribution in [0.15, 0.2) is 16.6 Å². The van der Waals surface area contributed by atoms with Gasteiger partial charge in [0.25, 0.3) is 10.0 Å². The molecule has 2 aromatic rings. The van der Waals surface area contributed by atoms with Gasteiger partial charge in [-0.05, 0) is 19.3 Å². The van der Waals surface area contributed by atoms with E-state index in [1.165, 1.54) is 15.6 Å². The molecule has 116 valence electrons. The van der Waals surface area contributed by atoms with Gasteiger partial charge in [-0.25, -0.2) is 13.4 Å². The van der Waals surface area contributed by atoms with Crippen LogP contribution < -0.4 is 5.32 Å². The van der Waals surface area contributed by atoms with E-state index in [0.717, 1.165) is 0 Å². The van der Waals surface area contributed by atoms with Crippen molar-refractivity contribution in [2.75, 3.05) is 25.5 Å². The molecule has 0 amide bonds. The molecule has 1 fully saturated rings. The SMILES string of the molecule is CNc1nc2sccn2c1S(=O)(=O)N1CCC(C(C)O)C1. The third-order valence-electron chi connectivity index (χ3n) is 3.91. The molecule has 2 aromatic heterocycles. The zero-order valence-corrected chi connectivity index (χ0v) is 13.5. The van der Waals surface area contributed by atoms with Crippen molar-refractivity contribution in [3.8, 4) is 0 Å². The van der Waals surface area contributed by atoms with Gasteiger partial charge in [0.15, 0.2) is 15.8 Å². The molecule has 3 heterocycles. The Morgan fingerprint density at radius 2 is 2.33 bits per heavy atom. The summed E-state index contributed by atoms with van der Waals surface area (Å²) in [6.07, 6.45) is 1.89. The molecule has 2 unspecified atom stereocenters. The number of fused-ring (bicyclic) bond motifs is 1. The molecule has 1 saturated heterocycles. The van der Waals surface area contributed by atoms with E-state index < -0.39 is 16.1 Å². The van der Waals surface area contributed by atoms with Gasteiger partial charge in [-0.1, -0.05) is 0 Å². The third kappa shape index (κ3) is 2.33. The van der Waals surface area contributed by atoms with E-state index in [4.69, 9.17) is 0 Å². The summed E-state index contributed by atoms with van der Waals surface area (Å²) in [5.74, 6) is 0.353. The number of aromatic nitrogens is 2. The maximum Gasteiger partial charge on any atom is 0.262 e. The van der Waals surface area contributed by atoms with Crippen molar-refractivity contribution in [1.29, 1.82) is 0 Å². The zero-order valence-electron chi connectivity index (χ0n) is 11.9. The van der Waals surface area contributed by atoms with Crippen molar-refractivity contribution in [2.24, 2.45) is 5.92 Å². The van der Waals surface area contributed by atoms with Gasteiger partial charge in [-0.15, -0.1) is 11.3 Å². The Hall–Kier alpha value is -1.16. The van der Waals surface area contributed by atoms with Crippen molar-refractivity contribution in [3.05, 3.63) is 11.6 Å². The van der Waals surface area contributed by atoms with Crippen LogP contribution in [0.4, 0.5) is 5.82 Å². The van der Waals surface area contributed by atoms with Gasteiger partial charge in [0.1, 0.15) is 0 Å². The number of thiazole rings is 1. The Morgan fingerprint density at radius 3 is 2.95 bits per heavy atom. The first-order chi connectivity index (χ1) is 9.95. The molecule has 2 atom stereocenters. The van der Waals surface area contributed by atoms with Crippen LogP contribution in [0.5, 0.6) is 0 Å². The maximum atomic E-state index is 12.9. The lowest BCUT2D eigenvalue weighted by atomic mass is 10.0. The summed E-state index contributed by atoms with van der Waals surface area (Å²) in [4.78, 5) is 4.94. The molecule has 7 nitrogen and oxygen atoms in total. The average molecular weight is 330 g/mol. The summed E-state index contributed by atoms with van der Waals surface area (Å²) < 4.78 is 28.8. The summed E-state index contributed by atoms with van der Waals surface area (Å²) in [5.41, 5.74) is 0. The lowest BCUT2D eigenvalue weighted by molar-refractivity contribution is 0.133. The Labute approximate surface area is 127 Å². The second kappa shape index (κ2) is 5.24. The summed E-state index contributed by atoms with van der Waals surface area (Å²) in [7, 11) is -1.97. The normalized spacial score (nSPS) is 22.0. The van der Waals surface area contributed by atoms with E-state index >= 15 is 0 Å². The minimum absolute atomic E-state index is 0.0105. The number of hydrogen-bond acceptors (Lipinski definition) is 6. The number of aliphatic hydroxyl groups excluding tert-OH is 1. The average Bonchev–Trinajstić information content (AvgIpc) is 3.12. The van der Waals surface area contributed by atoms with Gasteiger partial charge in [-0.2, -0.15) is 4.31 Å². The van der Waals surface area contributed by atoms with E-state index in [9.17, 15) is 13.5 Å². The highest BCUT2D eigenvalue weighted by atomic mass is 32.2. The van der Waals surface area contributed by atoms with Crippen molar-refractivity contribution >= 4 is 32.1 Å². The molecular formula is C12H18N4O3S2. The molecule has 9 heteroatoms. The highest BCUT2D eigenvalue weighted by Crippen LogP contribution is 2.31. The number of rotatable bonds is 4. The summed E-state index contributed by atoms with van der Waals surface area (Å²) in [6.45, 7) is 2.48. The molecule has 0 radical (unpaired) electrons. The van der Waals surface area contributed by atoms with E-state index in [-0.39, 0.29) is 10.9 Å². The number of aliphatic hydroxyl groups is 1. The Morgan fingerprint density at radius 1 is 1.57 bits per heavy atom. The summed E-state index contributed by atoms with van der Waals surface area (Å²) in [5, 5.41) is 14.5. The topological polar surface area (TPSA) is 86.9 Å². The smallest absolute Gasteiger partial charge is 0.262 e. The van der Waals surface area contributed by atoms with Crippen LogP contribution >= 0.6 is 11.3 Å². The molecule has 3 rings (SSSR count). The van der Waals surface area contributed by atoms with Crippen molar-refractivity contribution in [3.63, 3.8) is 0 Å². The van der Waals surface area contributed by atoms with Gasteiger partial charge >= 0.3 is 0 Å². The van der Waals surface area contributed by atoms with E-state index in [1.54, 1.807) is 24.6 Å². The molecule has 21 heavy (non-hydrogen) atoms. The number of nitrogens with zero attached hydrogens (tertiary/aromatic N) is 3. The van der Waals surface area contributed by atoms with E-state index in [0.29, 0.717) is 30.3 Å². The minimum atomic E-state index is -3.63. The van der Waals surface area contributed by atoms with E-state index in [2.05, 4.69) is 10.3 Å². The standard InChI is InChI=1S/C12H18N4O3S2/c1-8(17)9-3-4-15(7-9)21(18,19)11-10(13-2)14-12-16(11)5-6-20-12/h5-6,8-9,13,17H,3-4,7H2,1-2H3. The lowest BCUT2D eigenvalue weighted by Crippen LogP contribution is -2.31. The first-order valence-electron chi connectivity index (χ1n) is 6.76. The van der Waals surface area contributed by atoms with Gasteiger partial charge in [0.2, 0.25) is 0 Å². The summed E-state index contributed by atoms with van der Waals surface area (Å²) in [6, 6.07) is 0. The number of nitrogens with one attached hydrogen (secondary N) is 1. The summed E-state index contributed by atoms with van der Waals surface area (Å²) >= 11 is 1.39. The molecular weight excluding hydrogens is 312 g/mol. The first kappa shape index (κ1) is 14.8. The van der Waals surface area contributed by atoms with Crippen molar-refractivity contribution in [2.45, 2.75) is 24.5 Å². The molecule has 1 aliphatic heterocycles. The highest BCUT2D eigenvalue weighted by molar-refractivity contribution is 7.89. The molecule has 0 spiro atoms. The molecule has 0 saturated carbocycles. The first-order valence-corrected chi connectivity index (χ1v) is 9.08. The molecule has 1 aliphatic rings. The molecule has 0 aromatic carbocycles. The van der Waals surface area contributed by atoms with Crippen LogP contribution in [-0.2, 0) is 10.0 Å². The Kier molecular flexibility index (Phi) is 3.68. The predicted octanol–water partition coefficient (Wildman–Crippen LogP) is 0.829. The highest BCUT2D eigenvalue weighted by Gasteiger charge is 2.37. The third-order valence-corrected chi connectivity index (χ3v) is 6.56. The largest absolute Gasteiger partial charge is 0.393 e. The predicted molar refractivity (Wildman–Crippen MR) is 81.2 cm³/mol. The van der Waals surface area contributed by atoms with Crippen molar-refractivity contribution < 1.29 is 13.5 Å². The second-order valence-corrected chi connectivity index (χ2v) is 7.95. The van der Waals surface area contributed by atoms with Crippen LogP contribution in [0.3, 0.4) is 0 Å². The number of sulfonamides is 1. The van der Waals surface area contributed by atoms with Gasteiger partial charge in [-0.3, -0.25) is 4.40 Å². The minimum Gasteiger partial charge on any atom is -0.393 e. The Balaban J connectivity index is 2.03. The van der Waals surface area contributed by atoms with Gasteiger partial charge < -0.3 is 10.4 Å². The zero-order chi connectivity index (χ0) is 15.2.